The lowest BCUT2D eigenvalue weighted by molar-refractivity contribution is 0.101. The SMILES string of the molecule is O=C(Nc1cc(-c2cccs2)nn1-c1nc2c(c(=O)[nH]1)CCCC2)c1cc(C2CC2)on1. The topological polar surface area (TPSA) is 119 Å². The molecule has 1 amide bonds. The van der Waals surface area contributed by atoms with Crippen molar-refractivity contribution >= 4 is 23.1 Å². The number of rotatable bonds is 5. The fraction of sp³-hybridized carbons (Fsp3) is 0.318. The lowest BCUT2D eigenvalue weighted by Gasteiger charge is -2.15. The molecule has 2 aliphatic rings. The van der Waals surface area contributed by atoms with Gasteiger partial charge in [0.25, 0.3) is 11.5 Å². The zero-order valence-electron chi connectivity index (χ0n) is 17.1. The van der Waals surface area contributed by atoms with Gasteiger partial charge in [-0.05, 0) is 50.0 Å². The first kappa shape index (κ1) is 19.2. The molecule has 0 spiro atoms. The first-order valence-electron chi connectivity index (χ1n) is 10.7. The molecular weight excluding hydrogens is 428 g/mol. The van der Waals surface area contributed by atoms with E-state index in [9.17, 15) is 9.59 Å². The molecule has 4 aromatic rings. The summed E-state index contributed by atoms with van der Waals surface area (Å²) in [6, 6.07) is 7.34. The van der Waals surface area contributed by atoms with Gasteiger partial charge in [-0.25, -0.2) is 4.98 Å². The van der Waals surface area contributed by atoms with Crippen molar-refractivity contribution in [1.29, 1.82) is 0 Å². The third-order valence-corrected chi connectivity index (χ3v) is 6.74. The van der Waals surface area contributed by atoms with E-state index in [1.54, 1.807) is 12.1 Å². The van der Waals surface area contributed by atoms with Gasteiger partial charge in [0, 0.05) is 23.6 Å². The minimum atomic E-state index is -0.403. The van der Waals surface area contributed by atoms with Crippen LogP contribution in [0.5, 0.6) is 0 Å². The van der Waals surface area contributed by atoms with Crippen LogP contribution in [0.4, 0.5) is 5.82 Å². The Morgan fingerprint density at radius 3 is 2.94 bits per heavy atom. The molecule has 10 heteroatoms. The Morgan fingerprint density at radius 2 is 2.12 bits per heavy atom. The van der Waals surface area contributed by atoms with Gasteiger partial charge in [-0.1, -0.05) is 11.2 Å². The molecule has 162 valence electrons. The normalized spacial score (nSPS) is 15.5. The van der Waals surface area contributed by atoms with Crippen molar-refractivity contribution in [3.63, 3.8) is 0 Å². The van der Waals surface area contributed by atoms with Crippen LogP contribution < -0.4 is 10.9 Å². The first-order valence-corrected chi connectivity index (χ1v) is 11.6. The summed E-state index contributed by atoms with van der Waals surface area (Å²) >= 11 is 1.54. The van der Waals surface area contributed by atoms with Crippen LogP contribution in [0, 0.1) is 0 Å². The lowest BCUT2D eigenvalue weighted by Crippen LogP contribution is -2.24. The maximum atomic E-state index is 12.9. The highest BCUT2D eigenvalue weighted by Crippen LogP contribution is 2.40. The first-order chi connectivity index (χ1) is 15.7. The average Bonchev–Trinajstić information content (AvgIpc) is 3.21. The molecule has 0 bridgehead atoms. The predicted molar refractivity (Wildman–Crippen MR) is 118 cm³/mol. The van der Waals surface area contributed by atoms with Crippen molar-refractivity contribution in [2.45, 2.75) is 44.4 Å². The van der Waals surface area contributed by atoms with Gasteiger partial charge in [0.1, 0.15) is 17.3 Å². The van der Waals surface area contributed by atoms with E-state index < -0.39 is 5.91 Å². The van der Waals surface area contributed by atoms with E-state index in [4.69, 9.17) is 4.52 Å². The Bertz CT molecular complexity index is 1360. The second kappa shape index (κ2) is 7.56. The molecule has 4 aromatic heterocycles. The fourth-order valence-corrected chi connectivity index (χ4v) is 4.69. The predicted octanol–water partition coefficient (Wildman–Crippen LogP) is 3.68. The van der Waals surface area contributed by atoms with Crippen molar-refractivity contribution < 1.29 is 9.32 Å². The number of H-pyrrole nitrogens is 1. The van der Waals surface area contributed by atoms with E-state index in [0.717, 1.165) is 60.4 Å². The third kappa shape index (κ3) is 3.46. The van der Waals surface area contributed by atoms with Crippen molar-refractivity contribution in [2.75, 3.05) is 5.32 Å². The third-order valence-electron chi connectivity index (χ3n) is 5.84. The Labute approximate surface area is 186 Å². The van der Waals surface area contributed by atoms with Crippen LogP contribution in [0.15, 0.2) is 39.0 Å². The number of aromatic amines is 1. The lowest BCUT2D eigenvalue weighted by atomic mass is 9.97. The molecule has 32 heavy (non-hydrogen) atoms. The van der Waals surface area contributed by atoms with Crippen LogP contribution in [0.3, 0.4) is 0 Å². The van der Waals surface area contributed by atoms with Crippen molar-refractivity contribution in [3.05, 3.63) is 62.7 Å². The molecule has 2 aliphatic carbocycles. The quantitative estimate of drug-likeness (QED) is 0.481. The minimum absolute atomic E-state index is 0.152. The Morgan fingerprint density at radius 1 is 1.25 bits per heavy atom. The number of hydrogen-bond acceptors (Lipinski definition) is 7. The second-order valence-corrected chi connectivity index (χ2v) is 9.12. The molecule has 0 unspecified atom stereocenters. The molecule has 0 aromatic carbocycles. The summed E-state index contributed by atoms with van der Waals surface area (Å²) in [5, 5.41) is 13.4. The number of aryl methyl sites for hydroxylation is 1. The summed E-state index contributed by atoms with van der Waals surface area (Å²) in [4.78, 5) is 34.0. The van der Waals surface area contributed by atoms with Gasteiger partial charge in [0.2, 0.25) is 5.95 Å². The highest BCUT2D eigenvalue weighted by Gasteiger charge is 2.29. The number of carbonyl (C=O) groups excluding carboxylic acids is 1. The van der Waals surface area contributed by atoms with Gasteiger partial charge < -0.3 is 9.84 Å². The monoisotopic (exact) mass is 448 g/mol. The van der Waals surface area contributed by atoms with E-state index in [-0.39, 0.29) is 17.2 Å². The number of nitrogens with one attached hydrogen (secondary N) is 2. The summed E-state index contributed by atoms with van der Waals surface area (Å²) in [5.74, 6) is 1.38. The van der Waals surface area contributed by atoms with E-state index in [1.807, 2.05) is 17.5 Å². The summed E-state index contributed by atoms with van der Waals surface area (Å²) in [5.41, 5.74) is 2.27. The Hall–Kier alpha value is -3.53. The average molecular weight is 449 g/mol. The van der Waals surface area contributed by atoms with Gasteiger partial charge in [0.15, 0.2) is 5.69 Å². The van der Waals surface area contributed by atoms with E-state index in [1.165, 1.54) is 16.0 Å². The molecule has 6 rings (SSSR count). The maximum Gasteiger partial charge on any atom is 0.279 e. The Balaban J connectivity index is 1.39. The number of anilines is 1. The smallest absolute Gasteiger partial charge is 0.279 e. The van der Waals surface area contributed by atoms with E-state index >= 15 is 0 Å². The van der Waals surface area contributed by atoms with Crippen molar-refractivity contribution in [3.8, 4) is 16.5 Å². The van der Waals surface area contributed by atoms with Crippen molar-refractivity contribution in [2.24, 2.45) is 0 Å². The van der Waals surface area contributed by atoms with Crippen molar-refractivity contribution in [1.82, 2.24) is 24.9 Å². The maximum absolute atomic E-state index is 12.9. The van der Waals surface area contributed by atoms with E-state index in [0.29, 0.717) is 17.4 Å². The molecule has 9 nitrogen and oxygen atoms in total. The molecule has 1 fully saturated rings. The van der Waals surface area contributed by atoms with Crippen LogP contribution in [-0.4, -0.2) is 30.8 Å². The minimum Gasteiger partial charge on any atom is -0.360 e. The zero-order valence-corrected chi connectivity index (χ0v) is 17.9. The largest absolute Gasteiger partial charge is 0.360 e. The molecule has 0 aliphatic heterocycles. The summed E-state index contributed by atoms with van der Waals surface area (Å²) in [6.07, 6.45) is 5.60. The molecular formula is C22H20N6O3S. The van der Waals surface area contributed by atoms with Gasteiger partial charge in [-0.15, -0.1) is 11.3 Å². The number of nitrogens with zero attached hydrogens (tertiary/aromatic N) is 4. The van der Waals surface area contributed by atoms with Crippen LogP contribution in [0.2, 0.25) is 0 Å². The molecule has 4 heterocycles. The van der Waals surface area contributed by atoms with E-state index in [2.05, 4.69) is 25.5 Å². The highest BCUT2D eigenvalue weighted by molar-refractivity contribution is 7.13. The number of carbonyl (C=O) groups is 1. The summed E-state index contributed by atoms with van der Waals surface area (Å²) < 4.78 is 6.79. The number of thiophene rings is 1. The van der Waals surface area contributed by atoms with Crippen LogP contribution in [0.25, 0.3) is 16.5 Å². The van der Waals surface area contributed by atoms with Crippen LogP contribution in [0.1, 0.15) is 59.1 Å². The standard InChI is InChI=1S/C22H20N6O3S/c29-20-13-4-1-2-5-14(13)23-22(25-20)28-19(11-15(26-28)18-6-3-9-32-18)24-21(30)16-10-17(31-27-16)12-7-8-12/h3,6,9-12H,1-2,4-5,7-8H2,(H,24,30)(H,23,25,29). The highest BCUT2D eigenvalue weighted by atomic mass is 32.1. The molecule has 0 saturated heterocycles. The molecule has 2 N–H and O–H groups in total. The van der Waals surface area contributed by atoms with Gasteiger partial charge in [-0.3, -0.25) is 14.6 Å². The molecule has 1 saturated carbocycles. The molecule has 0 atom stereocenters. The molecule has 0 radical (unpaired) electrons. The second-order valence-electron chi connectivity index (χ2n) is 8.17. The fourth-order valence-electron chi connectivity index (χ4n) is 4.00. The number of aromatic nitrogens is 5. The Kier molecular flexibility index (Phi) is 4.53. The van der Waals surface area contributed by atoms with Crippen LogP contribution >= 0.6 is 11.3 Å². The summed E-state index contributed by atoms with van der Waals surface area (Å²) in [6.45, 7) is 0. The zero-order chi connectivity index (χ0) is 21.7. The number of fused-ring (bicyclic) bond motifs is 1. The van der Waals surface area contributed by atoms with Gasteiger partial charge >= 0.3 is 0 Å². The number of amides is 1. The number of hydrogen-bond donors (Lipinski definition) is 2. The van der Waals surface area contributed by atoms with Gasteiger partial charge in [-0.2, -0.15) is 9.78 Å². The van der Waals surface area contributed by atoms with Gasteiger partial charge in [0.05, 0.1) is 10.6 Å². The summed E-state index contributed by atoms with van der Waals surface area (Å²) in [7, 11) is 0. The van der Waals surface area contributed by atoms with Crippen LogP contribution in [-0.2, 0) is 12.8 Å².